The number of halogens is 1. The summed E-state index contributed by atoms with van der Waals surface area (Å²) in [5, 5.41) is 20.1. The standard InChI is InChI=1S/C31H32FN7O2/c1-20-19-35-39(2)30(20)31(40)38-28-18-23(10-13-25(28)32)36-22-9-12-24(26(33)14-11-21-7-3-5-15-34-21)27(17-22)37-29-8-4-6-16-41-29/h3,5,7,9-15,17-19,29,33,36-37H,4,6,8,16H2,1-2H3,(H,38,40)/p+1/b14-11+,33-26?. The maximum Gasteiger partial charge on any atom is 0.274 e. The zero-order valence-corrected chi connectivity index (χ0v) is 23.0. The lowest BCUT2D eigenvalue weighted by Gasteiger charge is -2.25. The highest BCUT2D eigenvalue weighted by atomic mass is 19.1. The highest BCUT2D eigenvalue weighted by Crippen LogP contribution is 2.29. The van der Waals surface area contributed by atoms with Gasteiger partial charge >= 0.3 is 0 Å². The number of nitrogens with two attached hydrogens (primary N) is 1. The van der Waals surface area contributed by atoms with Crippen molar-refractivity contribution in [3.63, 3.8) is 0 Å². The molecule has 1 amide bonds. The fourth-order valence-corrected chi connectivity index (χ4v) is 4.68. The number of amides is 1. The van der Waals surface area contributed by atoms with Crippen LogP contribution in [-0.2, 0) is 11.8 Å². The molecule has 3 heterocycles. The van der Waals surface area contributed by atoms with Crippen LogP contribution in [0.4, 0.5) is 27.1 Å². The van der Waals surface area contributed by atoms with Crippen molar-refractivity contribution in [2.24, 2.45) is 7.05 Å². The Balaban J connectivity index is 1.38. The number of aryl methyl sites for hydroxylation is 2. The summed E-state index contributed by atoms with van der Waals surface area (Å²) >= 11 is 0. The van der Waals surface area contributed by atoms with Gasteiger partial charge in [0, 0.05) is 37.3 Å². The zero-order valence-electron chi connectivity index (χ0n) is 23.0. The number of carbonyl (C=O) groups is 1. The van der Waals surface area contributed by atoms with Crippen molar-refractivity contribution in [2.75, 3.05) is 22.6 Å². The molecule has 0 bridgehead atoms. The lowest BCUT2D eigenvalue weighted by Crippen LogP contribution is -2.39. The van der Waals surface area contributed by atoms with Crippen LogP contribution in [0.2, 0.25) is 0 Å². The van der Waals surface area contributed by atoms with E-state index in [-0.39, 0.29) is 11.9 Å². The summed E-state index contributed by atoms with van der Waals surface area (Å²) in [7, 11) is 1.67. The summed E-state index contributed by atoms with van der Waals surface area (Å²) in [4.78, 5) is 17.1. The molecule has 2 aromatic carbocycles. The first kappa shape index (κ1) is 27.7. The Morgan fingerprint density at radius 3 is 2.63 bits per heavy atom. The number of pyridine rings is 1. The Morgan fingerprint density at radius 2 is 1.93 bits per heavy atom. The van der Waals surface area contributed by atoms with E-state index >= 15 is 0 Å². The van der Waals surface area contributed by atoms with Gasteiger partial charge in [0.25, 0.3) is 5.91 Å². The number of aromatic nitrogens is 3. The number of carbonyl (C=O) groups excluding carboxylic acids is 1. The van der Waals surface area contributed by atoms with Crippen molar-refractivity contribution >= 4 is 40.4 Å². The van der Waals surface area contributed by atoms with Crippen LogP contribution in [0.25, 0.3) is 6.08 Å². The number of allylic oxidation sites excluding steroid dienone is 1. The number of hydrogen-bond acceptors (Lipinski definition) is 6. The number of hydrogen-bond donors (Lipinski definition) is 4. The van der Waals surface area contributed by atoms with Crippen molar-refractivity contribution in [2.45, 2.75) is 32.4 Å². The summed E-state index contributed by atoms with van der Waals surface area (Å²) < 4.78 is 22.0. The second-order valence-corrected chi connectivity index (χ2v) is 9.88. The first-order valence-corrected chi connectivity index (χ1v) is 13.5. The maximum absolute atomic E-state index is 14.7. The van der Waals surface area contributed by atoms with Crippen LogP contribution in [0.1, 0.15) is 46.6 Å². The average Bonchev–Trinajstić information content (AvgIpc) is 3.32. The van der Waals surface area contributed by atoms with E-state index in [0.717, 1.165) is 41.9 Å². The minimum Gasteiger partial charge on any atom is -0.359 e. The van der Waals surface area contributed by atoms with Crippen LogP contribution in [0.3, 0.4) is 0 Å². The van der Waals surface area contributed by atoms with Crippen LogP contribution in [0.15, 0.2) is 73.1 Å². The normalized spacial score (nSPS) is 15.0. The quantitative estimate of drug-likeness (QED) is 0.227. The fraction of sp³-hybridized carbons (Fsp3) is 0.226. The average molecular weight is 555 g/mol. The number of anilines is 4. The van der Waals surface area contributed by atoms with Gasteiger partial charge in [0.1, 0.15) is 17.7 Å². The molecule has 4 aromatic rings. The van der Waals surface area contributed by atoms with E-state index in [0.29, 0.717) is 29.3 Å². The van der Waals surface area contributed by atoms with E-state index in [1.165, 1.54) is 10.7 Å². The van der Waals surface area contributed by atoms with Gasteiger partial charge in [-0.1, -0.05) is 6.07 Å². The Hall–Kier alpha value is -4.83. The number of nitrogens with zero attached hydrogens (tertiary/aromatic N) is 3. The third kappa shape index (κ3) is 6.85. The molecular weight excluding hydrogens is 521 g/mol. The van der Waals surface area contributed by atoms with Gasteiger partial charge in [0.15, 0.2) is 0 Å². The van der Waals surface area contributed by atoms with Gasteiger partial charge in [-0.05, 0) is 86.4 Å². The third-order valence-corrected chi connectivity index (χ3v) is 6.79. The molecule has 1 atom stereocenters. The smallest absolute Gasteiger partial charge is 0.274 e. The first-order valence-electron chi connectivity index (χ1n) is 13.5. The van der Waals surface area contributed by atoms with Gasteiger partial charge in [-0.2, -0.15) is 5.10 Å². The van der Waals surface area contributed by atoms with Crippen molar-refractivity contribution < 1.29 is 19.3 Å². The molecule has 10 heteroatoms. The monoisotopic (exact) mass is 554 g/mol. The molecule has 5 N–H and O–H groups in total. The molecule has 9 nitrogen and oxygen atoms in total. The molecule has 1 saturated heterocycles. The second kappa shape index (κ2) is 12.6. The lowest BCUT2D eigenvalue weighted by molar-refractivity contribution is -0.110. The highest BCUT2D eigenvalue weighted by Gasteiger charge is 2.19. The fourth-order valence-electron chi connectivity index (χ4n) is 4.68. The minimum atomic E-state index is -0.544. The molecule has 0 aliphatic carbocycles. The number of benzene rings is 2. The molecule has 2 aromatic heterocycles. The van der Waals surface area contributed by atoms with Gasteiger partial charge < -0.3 is 20.7 Å². The van der Waals surface area contributed by atoms with Crippen molar-refractivity contribution in [3.05, 3.63) is 101 Å². The Bertz CT molecular complexity index is 1560. The topological polar surface area (TPSA) is 119 Å². The highest BCUT2D eigenvalue weighted by molar-refractivity contribution is 6.10. The van der Waals surface area contributed by atoms with Gasteiger partial charge in [-0.25, -0.2) is 4.39 Å². The predicted molar refractivity (Wildman–Crippen MR) is 159 cm³/mol. The van der Waals surface area contributed by atoms with E-state index < -0.39 is 11.7 Å². The first-order chi connectivity index (χ1) is 19.9. The molecule has 1 fully saturated rings. The van der Waals surface area contributed by atoms with Crippen LogP contribution in [0, 0.1) is 12.7 Å². The summed E-state index contributed by atoms with van der Waals surface area (Å²) in [6, 6.07) is 15.9. The van der Waals surface area contributed by atoms with Crippen molar-refractivity contribution in [3.8, 4) is 0 Å². The van der Waals surface area contributed by atoms with Crippen molar-refractivity contribution in [1.29, 1.82) is 0 Å². The zero-order chi connectivity index (χ0) is 28.8. The molecule has 1 aliphatic heterocycles. The Morgan fingerprint density at radius 1 is 1.12 bits per heavy atom. The Kier molecular flexibility index (Phi) is 8.50. The summed E-state index contributed by atoms with van der Waals surface area (Å²) in [6.07, 6.45) is 9.89. The maximum atomic E-state index is 14.7. The van der Waals surface area contributed by atoms with E-state index in [1.807, 2.05) is 48.6 Å². The van der Waals surface area contributed by atoms with Crippen LogP contribution in [0.5, 0.6) is 0 Å². The summed E-state index contributed by atoms with van der Waals surface area (Å²) in [5.41, 5.74) is 5.46. The van der Waals surface area contributed by atoms with Gasteiger partial charge in [0.05, 0.1) is 28.8 Å². The van der Waals surface area contributed by atoms with Crippen molar-refractivity contribution in [1.82, 2.24) is 14.8 Å². The number of nitrogens with one attached hydrogen (secondary N) is 3. The Labute approximate surface area is 238 Å². The minimum absolute atomic E-state index is 0.0587. The van der Waals surface area contributed by atoms with Crippen LogP contribution >= 0.6 is 0 Å². The summed E-state index contributed by atoms with van der Waals surface area (Å²) in [5.74, 6) is -0.982. The molecule has 0 radical (unpaired) electrons. The molecule has 0 saturated carbocycles. The van der Waals surface area contributed by atoms with Crippen LogP contribution in [-0.4, -0.2) is 39.2 Å². The predicted octanol–water partition coefficient (Wildman–Crippen LogP) is 4.46. The third-order valence-electron chi connectivity index (χ3n) is 6.79. The van der Waals surface area contributed by atoms with Gasteiger partial charge in [-0.3, -0.25) is 19.9 Å². The van der Waals surface area contributed by atoms with Gasteiger partial charge in [-0.15, -0.1) is 0 Å². The SMILES string of the molecule is Cc1cnn(C)c1C(=O)Nc1cc(Nc2ccc(C(=[NH2+])/C=C/c3ccccn3)c(NC3CCCCO3)c2)ccc1F. The van der Waals surface area contributed by atoms with E-state index in [1.54, 1.807) is 38.5 Å². The lowest BCUT2D eigenvalue weighted by atomic mass is 10.0. The molecule has 41 heavy (non-hydrogen) atoms. The number of ether oxygens (including phenoxy) is 1. The molecular formula is C31H33FN7O2+. The van der Waals surface area contributed by atoms with E-state index in [9.17, 15) is 9.18 Å². The molecule has 1 aliphatic rings. The summed E-state index contributed by atoms with van der Waals surface area (Å²) in [6.45, 7) is 2.48. The molecule has 0 spiro atoms. The van der Waals surface area contributed by atoms with E-state index in [4.69, 9.17) is 10.1 Å². The molecule has 1 unspecified atom stereocenters. The van der Waals surface area contributed by atoms with Gasteiger partial charge in [0.2, 0.25) is 5.71 Å². The second-order valence-electron chi connectivity index (χ2n) is 9.88. The van der Waals surface area contributed by atoms with E-state index in [2.05, 4.69) is 26.0 Å². The van der Waals surface area contributed by atoms with Crippen LogP contribution < -0.4 is 21.4 Å². The molecule has 210 valence electrons. The molecule has 5 rings (SSSR count). The number of rotatable bonds is 9. The largest absolute Gasteiger partial charge is 0.359 e.